The number of hydrogen-bond donors (Lipinski definition) is 2. The van der Waals surface area contributed by atoms with Crippen LogP contribution in [0.4, 0.5) is 0 Å². The maximum Gasteiger partial charge on any atom is 0.344 e. The van der Waals surface area contributed by atoms with E-state index in [4.69, 9.17) is 4.74 Å². The number of rotatable bonds is 20. The average Bonchev–Trinajstić information content (AvgIpc) is 2.74. The number of hydrogen-bond acceptors (Lipinski definition) is 5. The van der Waals surface area contributed by atoms with Crippen LogP contribution in [-0.4, -0.2) is 54.9 Å². The van der Waals surface area contributed by atoms with Gasteiger partial charge in [0.25, 0.3) is 0 Å². The molecular formula is C25H48N2O4. The first-order valence-corrected chi connectivity index (χ1v) is 12.4. The van der Waals surface area contributed by atoms with Crippen molar-refractivity contribution in [2.24, 2.45) is 0 Å². The van der Waals surface area contributed by atoms with Gasteiger partial charge in [-0.3, -0.25) is 9.69 Å². The van der Waals surface area contributed by atoms with E-state index in [0.29, 0.717) is 13.0 Å². The molecule has 0 bridgehead atoms. The minimum absolute atomic E-state index is 0.108. The van der Waals surface area contributed by atoms with Gasteiger partial charge < -0.3 is 15.2 Å². The largest absolute Gasteiger partial charge is 0.463 e. The summed E-state index contributed by atoms with van der Waals surface area (Å²) >= 11 is 0. The molecule has 6 nitrogen and oxygen atoms in total. The molecule has 0 saturated carbocycles. The Hall–Kier alpha value is -1.40. The number of carbonyl (C=O) groups excluding carboxylic acids is 2. The maximum absolute atomic E-state index is 12.1. The fourth-order valence-electron chi connectivity index (χ4n) is 3.28. The fourth-order valence-corrected chi connectivity index (χ4v) is 3.28. The lowest BCUT2D eigenvalue weighted by Crippen LogP contribution is -2.50. The average molecular weight is 441 g/mol. The lowest BCUT2D eigenvalue weighted by molar-refractivity contribution is -0.152. The molecule has 2 N–H and O–H groups in total. The number of aliphatic hydroxyl groups excluding tert-OH is 1. The summed E-state index contributed by atoms with van der Waals surface area (Å²) < 4.78 is 5.14. The van der Waals surface area contributed by atoms with E-state index in [-0.39, 0.29) is 12.0 Å². The first-order valence-electron chi connectivity index (χ1n) is 12.4. The highest BCUT2D eigenvalue weighted by molar-refractivity contribution is 5.84. The monoisotopic (exact) mass is 440 g/mol. The molecule has 0 aromatic carbocycles. The third-order valence-corrected chi connectivity index (χ3v) is 5.23. The van der Waals surface area contributed by atoms with Crippen molar-refractivity contribution in [3.63, 3.8) is 0 Å². The van der Waals surface area contributed by atoms with Gasteiger partial charge in [-0.05, 0) is 52.6 Å². The second-order valence-corrected chi connectivity index (χ2v) is 8.62. The predicted molar refractivity (Wildman–Crippen MR) is 128 cm³/mol. The third-order valence-electron chi connectivity index (χ3n) is 5.23. The van der Waals surface area contributed by atoms with Crippen molar-refractivity contribution >= 4 is 11.9 Å². The van der Waals surface area contributed by atoms with Crippen LogP contribution in [0.1, 0.15) is 104 Å². The summed E-state index contributed by atoms with van der Waals surface area (Å²) in [6, 6.07) is 0. The highest BCUT2D eigenvalue weighted by Gasteiger charge is 2.23. The van der Waals surface area contributed by atoms with Crippen molar-refractivity contribution in [3.05, 3.63) is 12.2 Å². The van der Waals surface area contributed by atoms with Crippen LogP contribution in [0.3, 0.4) is 0 Å². The van der Waals surface area contributed by atoms with Crippen molar-refractivity contribution in [2.75, 3.05) is 20.7 Å². The Bertz CT molecular complexity index is 480. The van der Waals surface area contributed by atoms with Gasteiger partial charge in [0.05, 0.1) is 12.7 Å². The zero-order chi connectivity index (χ0) is 23.3. The van der Waals surface area contributed by atoms with Gasteiger partial charge in [-0.2, -0.15) is 0 Å². The highest BCUT2D eigenvalue weighted by atomic mass is 16.5. The number of nitrogens with zero attached hydrogens (tertiary/aromatic N) is 1. The Morgan fingerprint density at radius 1 is 0.935 bits per heavy atom. The summed E-state index contributed by atoms with van der Waals surface area (Å²) in [7, 11) is 3.50. The summed E-state index contributed by atoms with van der Waals surface area (Å²) in [4.78, 5) is 25.8. The molecule has 6 heteroatoms. The number of likely N-dealkylation sites (N-methyl/N-ethyl adjacent to an activating group) is 1. The van der Waals surface area contributed by atoms with Crippen molar-refractivity contribution in [2.45, 2.75) is 116 Å². The lowest BCUT2D eigenvalue weighted by Gasteiger charge is -2.23. The molecule has 0 aromatic rings. The van der Waals surface area contributed by atoms with E-state index < -0.39 is 12.1 Å². The molecule has 31 heavy (non-hydrogen) atoms. The van der Waals surface area contributed by atoms with E-state index in [1.165, 1.54) is 19.3 Å². The van der Waals surface area contributed by atoms with E-state index in [1.54, 1.807) is 19.0 Å². The van der Waals surface area contributed by atoms with Crippen molar-refractivity contribution in [1.29, 1.82) is 0 Å². The third kappa shape index (κ3) is 17.9. The number of amides is 1. The minimum Gasteiger partial charge on any atom is -0.463 e. The zero-order valence-electron chi connectivity index (χ0n) is 20.5. The molecule has 0 spiro atoms. The lowest BCUT2D eigenvalue weighted by atomic mass is 10.1. The molecule has 0 aliphatic rings. The Morgan fingerprint density at radius 2 is 1.61 bits per heavy atom. The smallest absolute Gasteiger partial charge is 0.344 e. The highest BCUT2D eigenvalue weighted by Crippen LogP contribution is 2.10. The van der Waals surface area contributed by atoms with Crippen LogP contribution in [0, 0.1) is 0 Å². The molecule has 0 aliphatic heterocycles. The molecule has 0 unspecified atom stereocenters. The van der Waals surface area contributed by atoms with Crippen molar-refractivity contribution in [1.82, 2.24) is 10.2 Å². The maximum atomic E-state index is 12.1. The van der Waals surface area contributed by atoms with Crippen LogP contribution in [-0.2, 0) is 14.3 Å². The number of nitrogens with one attached hydrogen (secondary N) is 1. The summed E-state index contributed by atoms with van der Waals surface area (Å²) in [6.45, 7) is 4.51. The SMILES string of the molecule is CCCCCC[C@@H](O)CC=CCCCCCCCC(=O)N[C@@H](C(=O)OCCC)N(C)C. The normalized spacial score (nSPS) is 13.5. The molecule has 0 saturated heterocycles. The Morgan fingerprint density at radius 3 is 2.29 bits per heavy atom. The van der Waals surface area contributed by atoms with Crippen LogP contribution in [0.15, 0.2) is 12.2 Å². The quantitative estimate of drug-likeness (QED) is 0.121. The fraction of sp³-hybridized carbons (Fsp3) is 0.840. The zero-order valence-corrected chi connectivity index (χ0v) is 20.5. The second-order valence-electron chi connectivity index (χ2n) is 8.62. The molecule has 182 valence electrons. The van der Waals surface area contributed by atoms with Crippen LogP contribution in [0.25, 0.3) is 0 Å². The van der Waals surface area contributed by atoms with Gasteiger partial charge in [0.15, 0.2) is 6.17 Å². The molecular weight excluding hydrogens is 392 g/mol. The van der Waals surface area contributed by atoms with E-state index in [9.17, 15) is 14.7 Å². The van der Waals surface area contributed by atoms with Crippen molar-refractivity contribution in [3.8, 4) is 0 Å². The van der Waals surface area contributed by atoms with Crippen LogP contribution in [0.2, 0.25) is 0 Å². The van der Waals surface area contributed by atoms with Crippen LogP contribution < -0.4 is 5.32 Å². The second kappa shape index (κ2) is 20.5. The number of carbonyl (C=O) groups is 2. The molecule has 0 aromatic heterocycles. The predicted octanol–water partition coefficient (Wildman–Crippen LogP) is 4.95. The van der Waals surface area contributed by atoms with Gasteiger partial charge in [0, 0.05) is 6.42 Å². The summed E-state index contributed by atoms with van der Waals surface area (Å²) in [5.41, 5.74) is 0. The first-order chi connectivity index (χ1) is 14.9. The van der Waals surface area contributed by atoms with E-state index >= 15 is 0 Å². The molecule has 0 radical (unpaired) electrons. The molecule has 1 amide bonds. The molecule has 2 atom stereocenters. The summed E-state index contributed by atoms with van der Waals surface area (Å²) in [6.07, 6.45) is 17.4. The topological polar surface area (TPSA) is 78.9 Å². The summed E-state index contributed by atoms with van der Waals surface area (Å²) in [5, 5.41) is 12.7. The number of ether oxygens (including phenoxy) is 1. The first kappa shape index (κ1) is 29.6. The Balaban J connectivity index is 3.72. The number of aliphatic hydroxyl groups is 1. The Labute approximate surface area is 190 Å². The summed E-state index contributed by atoms with van der Waals surface area (Å²) in [5.74, 6) is -0.513. The van der Waals surface area contributed by atoms with E-state index in [1.807, 2.05) is 6.92 Å². The van der Waals surface area contributed by atoms with Gasteiger partial charge >= 0.3 is 5.97 Å². The number of allylic oxidation sites excluding steroid dienone is 1. The standard InChI is InChI=1S/C25H48N2O4/c1-5-7-8-15-18-22(28)19-16-13-11-9-10-12-14-17-20-23(29)26-24(27(3)4)25(30)31-21-6-2/h13,16,22,24,28H,5-12,14-15,17-21H2,1-4H3,(H,26,29)/t22-,24-/m1/s1. The van der Waals surface area contributed by atoms with Gasteiger partial charge in [-0.1, -0.05) is 70.9 Å². The van der Waals surface area contributed by atoms with Gasteiger partial charge in [0.2, 0.25) is 5.91 Å². The Kier molecular flexibility index (Phi) is 19.6. The van der Waals surface area contributed by atoms with Crippen LogP contribution >= 0.6 is 0 Å². The van der Waals surface area contributed by atoms with Gasteiger partial charge in [-0.25, -0.2) is 4.79 Å². The van der Waals surface area contributed by atoms with Crippen molar-refractivity contribution < 1.29 is 19.4 Å². The van der Waals surface area contributed by atoms with Gasteiger partial charge in [-0.15, -0.1) is 0 Å². The van der Waals surface area contributed by atoms with Gasteiger partial charge in [0.1, 0.15) is 0 Å². The molecule has 0 fully saturated rings. The van der Waals surface area contributed by atoms with E-state index in [2.05, 4.69) is 24.4 Å². The van der Waals surface area contributed by atoms with E-state index in [0.717, 1.165) is 64.2 Å². The number of esters is 1. The molecule has 0 aliphatic carbocycles. The molecule has 0 rings (SSSR count). The minimum atomic E-state index is -0.722. The molecule has 0 heterocycles. The number of unbranched alkanes of at least 4 members (excludes halogenated alkanes) is 8. The van der Waals surface area contributed by atoms with Crippen LogP contribution in [0.5, 0.6) is 0 Å².